The minimum atomic E-state index is -1.09. The molecular formula is C16H10ClN5O2. The van der Waals surface area contributed by atoms with Crippen LogP contribution in [0.2, 0.25) is 5.02 Å². The molecule has 4 aromatic rings. The van der Waals surface area contributed by atoms with Crippen LogP contribution in [0.15, 0.2) is 48.8 Å². The second-order valence-electron chi connectivity index (χ2n) is 5.10. The molecule has 0 amide bonds. The molecular weight excluding hydrogens is 330 g/mol. The molecule has 7 nitrogen and oxygen atoms in total. The Bertz CT molecular complexity index is 1090. The van der Waals surface area contributed by atoms with Crippen LogP contribution in [0.5, 0.6) is 0 Å². The predicted molar refractivity (Wildman–Crippen MR) is 90.0 cm³/mol. The molecule has 118 valence electrons. The second kappa shape index (κ2) is 5.47. The van der Waals surface area contributed by atoms with Gasteiger partial charge in [-0.25, -0.2) is 9.78 Å². The van der Waals surface area contributed by atoms with Crippen molar-refractivity contribution in [1.29, 1.82) is 0 Å². The Morgan fingerprint density at radius 1 is 1.21 bits per heavy atom. The lowest BCUT2D eigenvalue weighted by Gasteiger charge is -2.10. The molecule has 2 aromatic heterocycles. The number of halogens is 1. The fourth-order valence-corrected chi connectivity index (χ4v) is 2.69. The molecule has 0 aliphatic carbocycles. The number of anilines is 2. The maximum atomic E-state index is 11.2. The number of carboxylic acids is 1. The quantitative estimate of drug-likeness (QED) is 0.594. The zero-order valence-corrected chi connectivity index (χ0v) is 12.9. The number of nitrogens with one attached hydrogen (secondary N) is 1. The Hall–Kier alpha value is -3.19. The van der Waals surface area contributed by atoms with Crippen molar-refractivity contribution in [3.63, 3.8) is 0 Å². The van der Waals surface area contributed by atoms with Crippen LogP contribution in [0.4, 0.5) is 11.5 Å². The van der Waals surface area contributed by atoms with E-state index < -0.39 is 5.97 Å². The first-order valence-corrected chi connectivity index (χ1v) is 7.39. The normalized spacial score (nSPS) is 11.0. The average molecular weight is 340 g/mol. The van der Waals surface area contributed by atoms with E-state index in [0.717, 1.165) is 11.0 Å². The lowest BCUT2D eigenvalue weighted by molar-refractivity contribution is 0.0697. The number of rotatable bonds is 3. The Morgan fingerprint density at radius 2 is 2.04 bits per heavy atom. The molecule has 8 heteroatoms. The number of para-hydroxylation sites is 2. The molecule has 0 aliphatic rings. The van der Waals surface area contributed by atoms with E-state index in [1.165, 1.54) is 12.1 Å². The zero-order chi connectivity index (χ0) is 16.7. The molecule has 0 saturated carbocycles. The molecule has 0 spiro atoms. The molecule has 0 aliphatic heterocycles. The van der Waals surface area contributed by atoms with Gasteiger partial charge < -0.3 is 10.4 Å². The van der Waals surface area contributed by atoms with Crippen LogP contribution < -0.4 is 5.32 Å². The first-order chi connectivity index (χ1) is 11.6. The summed E-state index contributed by atoms with van der Waals surface area (Å²) in [6, 6.07) is 12.3. The van der Waals surface area contributed by atoms with Gasteiger partial charge >= 0.3 is 5.97 Å². The average Bonchev–Trinajstić information content (AvgIpc) is 3.07. The van der Waals surface area contributed by atoms with Gasteiger partial charge in [0.25, 0.3) is 0 Å². The van der Waals surface area contributed by atoms with Gasteiger partial charge in [-0.3, -0.25) is 4.40 Å². The van der Waals surface area contributed by atoms with E-state index in [0.29, 0.717) is 17.2 Å². The van der Waals surface area contributed by atoms with E-state index >= 15 is 0 Å². The van der Waals surface area contributed by atoms with Gasteiger partial charge in [0.1, 0.15) is 6.33 Å². The number of aromatic carboxylic acids is 1. The fourth-order valence-electron chi connectivity index (χ4n) is 2.49. The molecule has 0 atom stereocenters. The molecule has 4 rings (SSSR count). The van der Waals surface area contributed by atoms with Crippen LogP contribution in [0.3, 0.4) is 0 Å². The van der Waals surface area contributed by atoms with Crippen molar-refractivity contribution < 1.29 is 9.90 Å². The van der Waals surface area contributed by atoms with Crippen molar-refractivity contribution in [2.75, 3.05) is 5.32 Å². The lowest BCUT2D eigenvalue weighted by Crippen LogP contribution is -2.02. The van der Waals surface area contributed by atoms with Crippen LogP contribution in [0, 0.1) is 0 Å². The van der Waals surface area contributed by atoms with Gasteiger partial charge in [0.05, 0.1) is 21.6 Å². The smallest absolute Gasteiger partial charge is 0.337 e. The molecule has 0 bridgehead atoms. The van der Waals surface area contributed by atoms with Gasteiger partial charge in [-0.2, -0.15) is 0 Å². The Kier molecular flexibility index (Phi) is 3.28. The van der Waals surface area contributed by atoms with Crippen molar-refractivity contribution >= 4 is 45.8 Å². The molecule has 0 radical (unpaired) electrons. The van der Waals surface area contributed by atoms with Crippen LogP contribution in [-0.4, -0.2) is 30.7 Å². The minimum Gasteiger partial charge on any atom is -0.478 e. The van der Waals surface area contributed by atoms with Gasteiger partial charge in [-0.05, 0) is 30.3 Å². The van der Waals surface area contributed by atoms with E-state index in [4.69, 9.17) is 11.6 Å². The molecule has 0 fully saturated rings. The number of hydrogen-bond donors (Lipinski definition) is 2. The van der Waals surface area contributed by atoms with E-state index in [2.05, 4.69) is 20.5 Å². The molecule has 2 aromatic carbocycles. The van der Waals surface area contributed by atoms with Crippen LogP contribution in [0.25, 0.3) is 16.7 Å². The zero-order valence-electron chi connectivity index (χ0n) is 12.1. The monoisotopic (exact) mass is 339 g/mol. The second-order valence-corrected chi connectivity index (χ2v) is 5.51. The van der Waals surface area contributed by atoms with Crippen molar-refractivity contribution in [2.24, 2.45) is 0 Å². The summed E-state index contributed by atoms with van der Waals surface area (Å²) in [5.41, 5.74) is 2.75. The van der Waals surface area contributed by atoms with Crippen molar-refractivity contribution in [3.8, 4) is 0 Å². The highest BCUT2D eigenvalue weighted by Crippen LogP contribution is 2.26. The topological polar surface area (TPSA) is 92.4 Å². The summed E-state index contributed by atoms with van der Waals surface area (Å²) >= 11 is 5.90. The standard InChI is InChI=1S/C16H10ClN5O2/c17-11-6-5-9(7-10(11)16(23)24)19-14-15-21-18-8-22(15)13-4-2-1-3-12(13)20-14/h1-8H,(H,19,20)(H,23,24). The number of benzene rings is 2. The summed E-state index contributed by atoms with van der Waals surface area (Å²) in [5.74, 6) is -0.618. The summed E-state index contributed by atoms with van der Waals surface area (Å²) in [7, 11) is 0. The van der Waals surface area contributed by atoms with Gasteiger partial charge in [-0.15, -0.1) is 10.2 Å². The summed E-state index contributed by atoms with van der Waals surface area (Å²) in [5, 5.41) is 20.5. The largest absolute Gasteiger partial charge is 0.478 e. The minimum absolute atomic E-state index is 0.0138. The summed E-state index contributed by atoms with van der Waals surface area (Å²) in [6.45, 7) is 0. The van der Waals surface area contributed by atoms with Crippen LogP contribution >= 0.6 is 11.6 Å². The first kappa shape index (κ1) is 14.4. The third-order valence-corrected chi connectivity index (χ3v) is 3.92. The number of aromatic nitrogens is 4. The number of fused-ring (bicyclic) bond motifs is 3. The summed E-state index contributed by atoms with van der Waals surface area (Å²) in [4.78, 5) is 15.8. The molecule has 2 N–H and O–H groups in total. The third kappa shape index (κ3) is 2.31. The van der Waals surface area contributed by atoms with Crippen molar-refractivity contribution in [1.82, 2.24) is 19.6 Å². The highest BCUT2D eigenvalue weighted by atomic mass is 35.5. The maximum Gasteiger partial charge on any atom is 0.337 e. The van der Waals surface area contributed by atoms with E-state index in [1.807, 2.05) is 28.7 Å². The van der Waals surface area contributed by atoms with Crippen LogP contribution in [0.1, 0.15) is 10.4 Å². The first-order valence-electron chi connectivity index (χ1n) is 7.02. The number of nitrogens with zero attached hydrogens (tertiary/aromatic N) is 4. The van der Waals surface area contributed by atoms with Crippen LogP contribution in [-0.2, 0) is 0 Å². The van der Waals surface area contributed by atoms with Gasteiger partial charge in [-0.1, -0.05) is 23.7 Å². The van der Waals surface area contributed by atoms with Gasteiger partial charge in [0.15, 0.2) is 5.82 Å². The summed E-state index contributed by atoms with van der Waals surface area (Å²) in [6.07, 6.45) is 1.61. The van der Waals surface area contributed by atoms with Crippen molar-refractivity contribution in [3.05, 3.63) is 59.4 Å². The van der Waals surface area contributed by atoms with Gasteiger partial charge in [0.2, 0.25) is 5.65 Å². The summed E-state index contributed by atoms with van der Waals surface area (Å²) < 4.78 is 1.82. The van der Waals surface area contributed by atoms with E-state index in [1.54, 1.807) is 12.4 Å². The van der Waals surface area contributed by atoms with E-state index in [9.17, 15) is 9.90 Å². The number of carbonyl (C=O) groups is 1. The lowest BCUT2D eigenvalue weighted by atomic mass is 10.2. The molecule has 0 unspecified atom stereocenters. The highest BCUT2D eigenvalue weighted by molar-refractivity contribution is 6.33. The molecule has 24 heavy (non-hydrogen) atoms. The number of hydrogen-bond acceptors (Lipinski definition) is 5. The molecule has 0 saturated heterocycles. The van der Waals surface area contributed by atoms with E-state index in [-0.39, 0.29) is 10.6 Å². The van der Waals surface area contributed by atoms with Crippen molar-refractivity contribution in [2.45, 2.75) is 0 Å². The SMILES string of the molecule is O=C(O)c1cc(Nc2nc3ccccc3n3cnnc23)ccc1Cl. The predicted octanol–water partition coefficient (Wildman–Crippen LogP) is 3.37. The molecule has 2 heterocycles. The number of carboxylic acid groups (broad SMARTS) is 1. The maximum absolute atomic E-state index is 11.2. The Labute approximate surface area is 140 Å². The third-order valence-electron chi connectivity index (χ3n) is 3.59. The van der Waals surface area contributed by atoms with Gasteiger partial charge in [0, 0.05) is 5.69 Å². The Morgan fingerprint density at radius 3 is 2.88 bits per heavy atom. The highest BCUT2D eigenvalue weighted by Gasteiger charge is 2.13. The fraction of sp³-hybridized carbons (Fsp3) is 0. The Balaban J connectivity index is 1.86.